The van der Waals surface area contributed by atoms with Crippen molar-refractivity contribution in [1.82, 2.24) is 0 Å². The van der Waals surface area contributed by atoms with E-state index in [-0.39, 0.29) is 12.0 Å². The minimum absolute atomic E-state index is 0.109. The van der Waals surface area contributed by atoms with E-state index in [4.69, 9.17) is 9.47 Å². The first-order valence-corrected chi connectivity index (χ1v) is 10.7. The van der Waals surface area contributed by atoms with Crippen molar-refractivity contribution in [2.45, 2.75) is 43.7 Å². The molecule has 0 bridgehead atoms. The van der Waals surface area contributed by atoms with Crippen LogP contribution in [-0.4, -0.2) is 31.4 Å². The fourth-order valence-corrected chi connectivity index (χ4v) is 3.83. The average molecular weight is 386 g/mol. The van der Waals surface area contributed by atoms with Crippen molar-refractivity contribution in [3.05, 3.63) is 54.1 Å². The first-order chi connectivity index (χ1) is 13.2. The zero-order valence-electron chi connectivity index (χ0n) is 16.0. The average Bonchev–Trinajstić information content (AvgIpc) is 3.15. The number of hydrogen-bond donors (Lipinski definition) is 0. The van der Waals surface area contributed by atoms with Gasteiger partial charge in [0.15, 0.2) is 0 Å². The standard InChI is InChI=1S/C22H27NO3S/c1-3-25-22(24)15-19-5-4-14-23(19)18-8-10-20(11-9-18)26-16-17-6-12-21(27-2)13-7-17/h6-13,19H,3-5,14-16H2,1-2H3. The van der Waals surface area contributed by atoms with Gasteiger partial charge in [0.25, 0.3) is 0 Å². The lowest BCUT2D eigenvalue weighted by molar-refractivity contribution is -0.143. The number of nitrogens with zero attached hydrogens (tertiary/aromatic N) is 1. The molecule has 1 unspecified atom stereocenters. The highest BCUT2D eigenvalue weighted by Gasteiger charge is 2.27. The van der Waals surface area contributed by atoms with E-state index in [9.17, 15) is 4.79 Å². The van der Waals surface area contributed by atoms with Gasteiger partial charge in [-0.1, -0.05) is 12.1 Å². The molecule has 0 spiro atoms. The number of rotatable bonds is 8. The maximum Gasteiger partial charge on any atom is 0.307 e. The first-order valence-electron chi connectivity index (χ1n) is 9.47. The summed E-state index contributed by atoms with van der Waals surface area (Å²) in [7, 11) is 0. The van der Waals surface area contributed by atoms with Crippen LogP contribution in [0.2, 0.25) is 0 Å². The van der Waals surface area contributed by atoms with Crippen LogP contribution in [0.1, 0.15) is 31.7 Å². The molecule has 3 rings (SSSR count). The lowest BCUT2D eigenvalue weighted by Gasteiger charge is -2.26. The number of benzene rings is 2. The van der Waals surface area contributed by atoms with Crippen LogP contribution in [0.3, 0.4) is 0 Å². The summed E-state index contributed by atoms with van der Waals surface area (Å²) in [5, 5.41) is 0. The Hall–Kier alpha value is -2.14. The van der Waals surface area contributed by atoms with Gasteiger partial charge in [-0.15, -0.1) is 11.8 Å². The Labute approximate surface area is 165 Å². The van der Waals surface area contributed by atoms with E-state index in [1.165, 1.54) is 4.90 Å². The summed E-state index contributed by atoms with van der Waals surface area (Å²) in [5.74, 6) is 0.746. The molecule has 144 valence electrons. The number of ether oxygens (including phenoxy) is 2. The second kappa shape index (κ2) is 9.70. The predicted octanol–water partition coefficient (Wildman–Crippen LogP) is 4.91. The van der Waals surface area contributed by atoms with Gasteiger partial charge in [0.2, 0.25) is 0 Å². The fourth-order valence-electron chi connectivity index (χ4n) is 3.42. The molecule has 1 aliphatic heterocycles. The molecule has 0 N–H and O–H groups in total. The molecule has 1 aliphatic rings. The van der Waals surface area contributed by atoms with Crippen LogP contribution < -0.4 is 9.64 Å². The van der Waals surface area contributed by atoms with Gasteiger partial charge in [-0.2, -0.15) is 0 Å². The Balaban J connectivity index is 1.56. The number of carbonyl (C=O) groups excluding carboxylic acids is 1. The molecule has 0 aliphatic carbocycles. The van der Waals surface area contributed by atoms with Crippen LogP contribution >= 0.6 is 11.8 Å². The lowest BCUT2D eigenvalue weighted by Crippen LogP contribution is -2.31. The van der Waals surface area contributed by atoms with Gasteiger partial charge in [-0.05, 0) is 68.0 Å². The Morgan fingerprint density at radius 3 is 2.56 bits per heavy atom. The SMILES string of the molecule is CCOC(=O)CC1CCCN1c1ccc(OCc2ccc(SC)cc2)cc1. The summed E-state index contributed by atoms with van der Waals surface area (Å²) in [4.78, 5) is 15.4. The lowest BCUT2D eigenvalue weighted by atomic mass is 10.1. The van der Waals surface area contributed by atoms with Crippen LogP contribution in [0, 0.1) is 0 Å². The van der Waals surface area contributed by atoms with Crippen molar-refractivity contribution in [3.63, 3.8) is 0 Å². The van der Waals surface area contributed by atoms with Gasteiger partial charge < -0.3 is 14.4 Å². The zero-order chi connectivity index (χ0) is 19.1. The summed E-state index contributed by atoms with van der Waals surface area (Å²) >= 11 is 1.74. The minimum atomic E-state index is -0.109. The van der Waals surface area contributed by atoms with E-state index in [2.05, 4.69) is 47.6 Å². The van der Waals surface area contributed by atoms with E-state index < -0.39 is 0 Å². The normalized spacial score (nSPS) is 16.4. The fraction of sp³-hybridized carbons (Fsp3) is 0.409. The highest BCUT2D eigenvalue weighted by atomic mass is 32.2. The summed E-state index contributed by atoms with van der Waals surface area (Å²) in [6.45, 7) is 3.83. The topological polar surface area (TPSA) is 38.8 Å². The molecule has 1 saturated heterocycles. The third-order valence-corrected chi connectivity index (χ3v) is 5.56. The highest BCUT2D eigenvalue weighted by molar-refractivity contribution is 7.98. The van der Waals surface area contributed by atoms with Crippen LogP contribution in [0.25, 0.3) is 0 Å². The van der Waals surface area contributed by atoms with E-state index in [1.807, 2.05) is 19.1 Å². The molecule has 4 nitrogen and oxygen atoms in total. The van der Waals surface area contributed by atoms with Crippen molar-refractivity contribution in [2.75, 3.05) is 24.3 Å². The van der Waals surface area contributed by atoms with Crippen molar-refractivity contribution >= 4 is 23.4 Å². The molecular formula is C22H27NO3S. The number of thioether (sulfide) groups is 1. The van der Waals surface area contributed by atoms with E-state index in [1.54, 1.807) is 11.8 Å². The molecule has 5 heteroatoms. The molecule has 2 aromatic carbocycles. The van der Waals surface area contributed by atoms with Gasteiger partial charge in [0.1, 0.15) is 12.4 Å². The Kier molecular flexibility index (Phi) is 7.04. The molecule has 0 aromatic heterocycles. The van der Waals surface area contributed by atoms with Crippen LogP contribution in [-0.2, 0) is 16.1 Å². The first kappa shape index (κ1) is 19.6. The van der Waals surface area contributed by atoms with Crippen molar-refractivity contribution in [2.24, 2.45) is 0 Å². The summed E-state index contributed by atoms with van der Waals surface area (Å²) in [6, 6.07) is 16.8. The molecule has 0 amide bonds. The molecular weight excluding hydrogens is 358 g/mol. The molecule has 1 fully saturated rings. The molecule has 0 radical (unpaired) electrons. The molecule has 1 heterocycles. The van der Waals surface area contributed by atoms with Crippen LogP contribution in [0.5, 0.6) is 5.75 Å². The monoisotopic (exact) mass is 385 g/mol. The smallest absolute Gasteiger partial charge is 0.307 e. The molecule has 0 saturated carbocycles. The maximum atomic E-state index is 11.8. The third kappa shape index (κ3) is 5.42. The summed E-state index contributed by atoms with van der Waals surface area (Å²) in [5.41, 5.74) is 2.30. The number of anilines is 1. The summed E-state index contributed by atoms with van der Waals surface area (Å²) < 4.78 is 11.0. The maximum absolute atomic E-state index is 11.8. The third-order valence-electron chi connectivity index (χ3n) is 4.82. The van der Waals surface area contributed by atoms with Crippen molar-refractivity contribution in [1.29, 1.82) is 0 Å². The van der Waals surface area contributed by atoms with Crippen molar-refractivity contribution in [3.8, 4) is 5.75 Å². The van der Waals surface area contributed by atoms with Gasteiger partial charge in [-0.25, -0.2) is 0 Å². The van der Waals surface area contributed by atoms with Crippen LogP contribution in [0.15, 0.2) is 53.4 Å². The van der Waals surface area contributed by atoms with Crippen LogP contribution in [0.4, 0.5) is 5.69 Å². The second-order valence-electron chi connectivity index (χ2n) is 6.63. The van der Waals surface area contributed by atoms with E-state index in [0.717, 1.165) is 36.4 Å². The Morgan fingerprint density at radius 1 is 1.15 bits per heavy atom. The Bertz CT molecular complexity index is 730. The zero-order valence-corrected chi connectivity index (χ0v) is 16.8. The molecule has 2 aromatic rings. The molecule has 1 atom stereocenters. The quantitative estimate of drug-likeness (QED) is 0.477. The van der Waals surface area contributed by atoms with Gasteiger partial charge in [0, 0.05) is 23.2 Å². The highest BCUT2D eigenvalue weighted by Crippen LogP contribution is 2.29. The van der Waals surface area contributed by atoms with E-state index >= 15 is 0 Å². The molecule has 27 heavy (non-hydrogen) atoms. The van der Waals surface area contributed by atoms with Gasteiger partial charge in [-0.3, -0.25) is 4.79 Å². The number of carbonyl (C=O) groups is 1. The largest absolute Gasteiger partial charge is 0.489 e. The number of hydrogen-bond acceptors (Lipinski definition) is 5. The predicted molar refractivity (Wildman–Crippen MR) is 111 cm³/mol. The van der Waals surface area contributed by atoms with Crippen molar-refractivity contribution < 1.29 is 14.3 Å². The minimum Gasteiger partial charge on any atom is -0.489 e. The Morgan fingerprint density at radius 2 is 1.89 bits per heavy atom. The summed E-state index contributed by atoms with van der Waals surface area (Å²) in [6.07, 6.45) is 4.67. The van der Waals surface area contributed by atoms with Gasteiger partial charge in [0.05, 0.1) is 13.0 Å². The van der Waals surface area contributed by atoms with E-state index in [0.29, 0.717) is 19.6 Å². The second-order valence-corrected chi connectivity index (χ2v) is 7.51. The number of esters is 1. The van der Waals surface area contributed by atoms with Gasteiger partial charge >= 0.3 is 5.97 Å².